The lowest BCUT2D eigenvalue weighted by Gasteiger charge is -2.32. The monoisotopic (exact) mass is 515 g/mol. The molecule has 0 unspecified atom stereocenters. The van der Waals surface area contributed by atoms with E-state index >= 15 is 0 Å². The molecule has 0 spiro atoms. The minimum absolute atomic E-state index is 0. The molecule has 1 aliphatic carbocycles. The predicted molar refractivity (Wildman–Crippen MR) is 148 cm³/mol. The zero-order valence-electron chi connectivity index (χ0n) is 19.9. The van der Waals surface area contributed by atoms with Gasteiger partial charge in [-0.3, -0.25) is 9.78 Å². The Balaban J connectivity index is 0.00000342. The molecule has 1 aromatic heterocycles. The molecule has 1 heterocycles. The van der Waals surface area contributed by atoms with Gasteiger partial charge in [-0.25, -0.2) is 0 Å². The van der Waals surface area contributed by atoms with Gasteiger partial charge in [0.2, 0.25) is 0 Å². The minimum Gasteiger partial charge on any atom is -0.505 e. The number of nitrogens with zero attached hydrogens (tertiary/aromatic N) is 2. The number of carbonyl (C=O) groups is 1. The van der Waals surface area contributed by atoms with Crippen molar-refractivity contribution >= 4 is 45.6 Å². The molecular formula is C28H35Cl2N3O2. The summed E-state index contributed by atoms with van der Waals surface area (Å²) >= 11 is 12.3. The van der Waals surface area contributed by atoms with E-state index in [1.54, 1.807) is 25.3 Å². The van der Waals surface area contributed by atoms with Crippen molar-refractivity contribution < 1.29 is 9.90 Å². The van der Waals surface area contributed by atoms with E-state index in [2.05, 4.69) is 29.2 Å². The lowest BCUT2D eigenvalue weighted by molar-refractivity contribution is 0.101. The van der Waals surface area contributed by atoms with Gasteiger partial charge in [0, 0.05) is 24.2 Å². The van der Waals surface area contributed by atoms with Crippen molar-refractivity contribution in [1.29, 1.82) is 0 Å². The number of phenolic OH excluding ortho intramolecular Hbond substituents is 1. The number of aromatic hydroxyl groups is 1. The third-order valence-electron chi connectivity index (χ3n) is 6.90. The van der Waals surface area contributed by atoms with Crippen LogP contribution in [0, 0.1) is 5.92 Å². The van der Waals surface area contributed by atoms with Crippen molar-refractivity contribution in [3.63, 3.8) is 0 Å². The lowest BCUT2D eigenvalue weighted by Crippen LogP contribution is -2.32. The van der Waals surface area contributed by atoms with Gasteiger partial charge in [0.1, 0.15) is 0 Å². The number of nitrogens with one attached hydrogen (secondary N) is 1. The van der Waals surface area contributed by atoms with Gasteiger partial charge in [-0.2, -0.15) is 0 Å². The van der Waals surface area contributed by atoms with E-state index in [1.165, 1.54) is 12.8 Å². The molecule has 3 aromatic rings. The first kappa shape index (κ1) is 27.3. The summed E-state index contributed by atoms with van der Waals surface area (Å²) in [6.07, 6.45) is 6.17. The number of halogens is 2. The predicted octanol–water partition coefficient (Wildman–Crippen LogP) is 7.68. The van der Waals surface area contributed by atoms with Crippen LogP contribution in [0.5, 0.6) is 5.75 Å². The van der Waals surface area contributed by atoms with Crippen molar-refractivity contribution in [2.24, 2.45) is 5.92 Å². The van der Waals surface area contributed by atoms with Crippen LogP contribution in [-0.2, 0) is 0 Å². The number of ketones is 1. The molecule has 2 aromatic carbocycles. The van der Waals surface area contributed by atoms with Gasteiger partial charge in [0.05, 0.1) is 26.8 Å². The highest BCUT2D eigenvalue weighted by Crippen LogP contribution is 2.38. The molecule has 1 saturated carbocycles. The fraction of sp³-hybridized carbons (Fsp3) is 0.429. The number of fused-ring (bicyclic) bond motifs is 1. The summed E-state index contributed by atoms with van der Waals surface area (Å²) in [5.41, 5.74) is 3.91. The maximum atomic E-state index is 12.5. The van der Waals surface area contributed by atoms with Crippen LogP contribution < -0.4 is 5.32 Å². The van der Waals surface area contributed by atoms with E-state index in [4.69, 9.17) is 23.2 Å². The van der Waals surface area contributed by atoms with E-state index < -0.39 is 0 Å². The summed E-state index contributed by atoms with van der Waals surface area (Å²) in [4.78, 5) is 19.4. The summed E-state index contributed by atoms with van der Waals surface area (Å²) in [7, 11) is 2.18. The van der Waals surface area contributed by atoms with Crippen LogP contribution in [0.2, 0.25) is 10.0 Å². The average molecular weight is 517 g/mol. The number of pyridine rings is 1. The molecule has 0 aliphatic heterocycles. The van der Waals surface area contributed by atoms with Crippen LogP contribution >= 0.6 is 23.2 Å². The summed E-state index contributed by atoms with van der Waals surface area (Å²) in [5.74, 6) is 0.577. The molecular weight excluding hydrogens is 481 g/mol. The number of hydrogen-bond donors (Lipinski definition) is 2. The quantitative estimate of drug-likeness (QED) is 0.316. The fourth-order valence-corrected chi connectivity index (χ4v) is 5.28. The maximum absolute atomic E-state index is 12.5. The fourth-order valence-electron chi connectivity index (χ4n) is 4.79. The minimum atomic E-state index is -0.128. The number of hydrogen-bond acceptors (Lipinski definition) is 5. The number of aromatic nitrogens is 1. The Kier molecular flexibility index (Phi) is 9.03. The maximum Gasteiger partial charge on any atom is 0.163 e. The zero-order chi connectivity index (χ0) is 24.4. The number of rotatable bonds is 7. The van der Waals surface area contributed by atoms with Gasteiger partial charge in [-0.05, 0) is 87.5 Å². The highest BCUT2D eigenvalue weighted by atomic mass is 35.5. The molecule has 1 fully saturated rings. The third kappa shape index (κ3) is 6.08. The average Bonchev–Trinajstić information content (AvgIpc) is 2.83. The molecule has 188 valence electrons. The van der Waals surface area contributed by atoms with Crippen molar-refractivity contribution in [1.82, 2.24) is 9.88 Å². The van der Waals surface area contributed by atoms with Crippen LogP contribution in [0.15, 0.2) is 36.5 Å². The smallest absolute Gasteiger partial charge is 0.163 e. The highest BCUT2D eigenvalue weighted by Gasteiger charge is 2.24. The Morgan fingerprint density at radius 3 is 2.37 bits per heavy atom. The number of benzene rings is 2. The van der Waals surface area contributed by atoms with Gasteiger partial charge in [0.15, 0.2) is 11.5 Å². The Morgan fingerprint density at radius 1 is 1.11 bits per heavy atom. The molecule has 0 radical (unpaired) electrons. The number of carbonyl (C=O) groups excluding carboxylic acids is 1. The largest absolute Gasteiger partial charge is 0.505 e. The molecule has 7 heteroatoms. The van der Waals surface area contributed by atoms with Crippen LogP contribution in [0.4, 0.5) is 5.69 Å². The number of anilines is 1. The van der Waals surface area contributed by atoms with Gasteiger partial charge in [-0.15, -0.1) is 0 Å². The van der Waals surface area contributed by atoms with E-state index in [-0.39, 0.29) is 29.0 Å². The van der Waals surface area contributed by atoms with Crippen molar-refractivity contribution in [2.45, 2.75) is 53.0 Å². The summed E-state index contributed by atoms with van der Waals surface area (Å²) in [6, 6.07) is 9.58. The third-order valence-corrected chi connectivity index (χ3v) is 7.48. The molecule has 2 N–H and O–H groups in total. The second-order valence-electron chi connectivity index (χ2n) is 9.34. The number of phenols is 1. The molecule has 0 atom stereocenters. The molecule has 4 rings (SSSR count). The highest BCUT2D eigenvalue weighted by molar-refractivity contribution is 6.37. The van der Waals surface area contributed by atoms with Gasteiger partial charge in [0.25, 0.3) is 0 Å². The summed E-state index contributed by atoms with van der Waals surface area (Å²) < 4.78 is 0. The van der Waals surface area contributed by atoms with E-state index in [0.717, 1.165) is 59.6 Å². The summed E-state index contributed by atoms with van der Waals surface area (Å²) in [6.45, 7) is 5.98. The molecule has 1 aliphatic rings. The first-order chi connectivity index (χ1) is 16.3. The lowest BCUT2D eigenvalue weighted by atomic mass is 9.85. The Hall–Kier alpha value is -2.34. The van der Waals surface area contributed by atoms with Crippen molar-refractivity contribution in [2.75, 3.05) is 25.5 Å². The van der Waals surface area contributed by atoms with Gasteiger partial charge < -0.3 is 15.3 Å². The first-order valence-electron chi connectivity index (χ1n) is 11.8. The zero-order valence-corrected chi connectivity index (χ0v) is 21.4. The molecule has 0 saturated heterocycles. The SMILES string of the molecule is C.CCN(C)CC1CCC(Nc2c(C(C)=O)cnc3ccc(-c4cc(Cl)c(O)c(Cl)c4)cc23)CC1. The second kappa shape index (κ2) is 11.6. The number of Topliss-reactive ketones (excluding diaryl/α,β-unsaturated/α-hetero) is 1. The molecule has 5 nitrogen and oxygen atoms in total. The second-order valence-corrected chi connectivity index (χ2v) is 10.2. The Bertz CT molecular complexity index is 1180. The van der Waals surface area contributed by atoms with E-state index in [9.17, 15) is 9.90 Å². The molecule has 0 amide bonds. The van der Waals surface area contributed by atoms with Crippen molar-refractivity contribution in [3.05, 3.63) is 52.1 Å². The first-order valence-corrected chi connectivity index (χ1v) is 12.6. The van der Waals surface area contributed by atoms with Crippen LogP contribution in [0.25, 0.3) is 22.0 Å². The van der Waals surface area contributed by atoms with Gasteiger partial charge >= 0.3 is 0 Å². The molecule has 0 bridgehead atoms. The van der Waals surface area contributed by atoms with Crippen LogP contribution in [0.3, 0.4) is 0 Å². The molecule has 35 heavy (non-hydrogen) atoms. The summed E-state index contributed by atoms with van der Waals surface area (Å²) in [5, 5.41) is 14.9. The van der Waals surface area contributed by atoms with Crippen LogP contribution in [0.1, 0.15) is 57.3 Å². The Labute approximate surface area is 218 Å². The topological polar surface area (TPSA) is 65.5 Å². The normalized spacial score (nSPS) is 17.9. The van der Waals surface area contributed by atoms with Crippen LogP contribution in [-0.4, -0.2) is 47.0 Å². The Morgan fingerprint density at radius 2 is 1.77 bits per heavy atom. The van der Waals surface area contributed by atoms with E-state index in [1.807, 2.05) is 18.2 Å². The van der Waals surface area contributed by atoms with E-state index in [0.29, 0.717) is 11.6 Å². The van der Waals surface area contributed by atoms with Gasteiger partial charge in [-0.1, -0.05) is 43.6 Å². The van der Waals surface area contributed by atoms with Crippen molar-refractivity contribution in [3.8, 4) is 16.9 Å². The standard InChI is InChI=1S/C27H31Cl2N3O2.CH4/c1-4-32(3)15-17-5-8-20(9-6-17)31-26-21-11-18(19-12-23(28)27(34)24(29)13-19)7-10-25(21)30-14-22(26)16(2)33;/h7,10-14,17,20,34H,4-6,8-9,15H2,1-3H3,(H,30,31);1H4.